The normalized spacial score (nSPS) is 15.1. The summed E-state index contributed by atoms with van der Waals surface area (Å²) in [5, 5.41) is 9.05. The van der Waals surface area contributed by atoms with Gasteiger partial charge in [0.2, 0.25) is 0 Å². The summed E-state index contributed by atoms with van der Waals surface area (Å²) in [6.07, 6.45) is 2.13. The number of carboxylic acids is 1. The van der Waals surface area contributed by atoms with Crippen molar-refractivity contribution in [1.29, 1.82) is 0 Å². The second-order valence-corrected chi connectivity index (χ2v) is 5.79. The predicted molar refractivity (Wildman–Crippen MR) is 81.9 cm³/mol. The number of nitrogens with two attached hydrogens (primary N) is 1. The standard InChI is InChI=1S/C16H25NO4/c1-11(10-16(2,17)15(18)19)5-6-12-7-13(20-3)9-14(8-12)21-4/h7-9,11H,5-6,10,17H2,1-4H3,(H,18,19). The first-order chi connectivity index (χ1) is 9.78. The Bertz CT molecular complexity index is 463. The van der Waals surface area contributed by atoms with Crippen LogP contribution in [-0.2, 0) is 11.2 Å². The van der Waals surface area contributed by atoms with Crippen LogP contribution in [0.5, 0.6) is 11.5 Å². The molecular formula is C16H25NO4. The van der Waals surface area contributed by atoms with Crippen molar-refractivity contribution in [2.75, 3.05) is 14.2 Å². The molecule has 2 atom stereocenters. The van der Waals surface area contributed by atoms with Crippen molar-refractivity contribution in [2.45, 2.75) is 38.6 Å². The number of rotatable bonds is 8. The Balaban J connectivity index is 2.64. The van der Waals surface area contributed by atoms with Gasteiger partial charge in [0.05, 0.1) is 14.2 Å². The maximum atomic E-state index is 11.0. The highest BCUT2D eigenvalue weighted by Crippen LogP contribution is 2.25. The Morgan fingerprint density at radius 2 is 1.81 bits per heavy atom. The van der Waals surface area contributed by atoms with Crippen LogP contribution < -0.4 is 15.2 Å². The van der Waals surface area contributed by atoms with E-state index in [-0.39, 0.29) is 5.92 Å². The molecule has 0 amide bonds. The van der Waals surface area contributed by atoms with Gasteiger partial charge in [-0.25, -0.2) is 0 Å². The van der Waals surface area contributed by atoms with E-state index in [1.807, 2.05) is 25.1 Å². The summed E-state index contributed by atoms with van der Waals surface area (Å²) in [7, 11) is 3.24. The van der Waals surface area contributed by atoms with Gasteiger partial charge < -0.3 is 20.3 Å². The number of methoxy groups -OCH3 is 2. The quantitative estimate of drug-likeness (QED) is 0.770. The van der Waals surface area contributed by atoms with Crippen molar-refractivity contribution < 1.29 is 19.4 Å². The monoisotopic (exact) mass is 295 g/mol. The van der Waals surface area contributed by atoms with Gasteiger partial charge in [0, 0.05) is 6.07 Å². The van der Waals surface area contributed by atoms with Gasteiger partial charge in [0.25, 0.3) is 0 Å². The summed E-state index contributed by atoms with van der Waals surface area (Å²) < 4.78 is 10.5. The number of ether oxygens (including phenoxy) is 2. The lowest BCUT2D eigenvalue weighted by Crippen LogP contribution is -2.46. The Labute approximate surface area is 126 Å². The molecule has 0 saturated carbocycles. The average molecular weight is 295 g/mol. The van der Waals surface area contributed by atoms with Crippen molar-refractivity contribution in [3.8, 4) is 11.5 Å². The molecule has 1 rings (SSSR count). The number of hydrogen-bond donors (Lipinski definition) is 2. The molecule has 3 N–H and O–H groups in total. The molecule has 0 aromatic heterocycles. The molecule has 2 unspecified atom stereocenters. The number of carbonyl (C=O) groups is 1. The molecule has 0 aliphatic heterocycles. The van der Waals surface area contributed by atoms with Gasteiger partial charge in [0.15, 0.2) is 0 Å². The topological polar surface area (TPSA) is 81.8 Å². The van der Waals surface area contributed by atoms with Gasteiger partial charge in [-0.05, 0) is 49.8 Å². The minimum atomic E-state index is -1.18. The van der Waals surface area contributed by atoms with Crippen LogP contribution in [0.15, 0.2) is 18.2 Å². The fraction of sp³-hybridized carbons (Fsp3) is 0.562. The molecule has 0 saturated heterocycles. The molecule has 0 aliphatic rings. The second-order valence-electron chi connectivity index (χ2n) is 5.79. The van der Waals surface area contributed by atoms with E-state index in [1.54, 1.807) is 21.1 Å². The van der Waals surface area contributed by atoms with Crippen molar-refractivity contribution in [3.63, 3.8) is 0 Å². The number of hydrogen-bond acceptors (Lipinski definition) is 4. The molecule has 0 radical (unpaired) electrons. The molecule has 5 heteroatoms. The zero-order valence-electron chi connectivity index (χ0n) is 13.2. The fourth-order valence-electron chi connectivity index (χ4n) is 2.34. The van der Waals surface area contributed by atoms with E-state index in [0.29, 0.717) is 6.42 Å². The van der Waals surface area contributed by atoms with Gasteiger partial charge in [-0.1, -0.05) is 6.92 Å². The SMILES string of the molecule is COc1cc(CCC(C)CC(C)(N)C(=O)O)cc(OC)c1. The highest BCUT2D eigenvalue weighted by Gasteiger charge is 2.29. The minimum Gasteiger partial charge on any atom is -0.497 e. The Morgan fingerprint density at radius 3 is 2.24 bits per heavy atom. The smallest absolute Gasteiger partial charge is 0.323 e. The average Bonchev–Trinajstić information content (AvgIpc) is 2.44. The van der Waals surface area contributed by atoms with Crippen molar-refractivity contribution in [2.24, 2.45) is 11.7 Å². The number of carboxylic acid groups (broad SMARTS) is 1. The first kappa shape index (κ1) is 17.3. The minimum absolute atomic E-state index is 0.216. The van der Waals surface area contributed by atoms with Gasteiger partial charge >= 0.3 is 5.97 Å². The van der Waals surface area contributed by atoms with Gasteiger partial charge in [0.1, 0.15) is 17.0 Å². The van der Waals surface area contributed by atoms with Crippen molar-refractivity contribution in [1.82, 2.24) is 0 Å². The van der Waals surface area contributed by atoms with E-state index in [4.69, 9.17) is 20.3 Å². The third-order valence-electron chi connectivity index (χ3n) is 3.60. The Kier molecular flexibility index (Phi) is 6.03. The van der Waals surface area contributed by atoms with E-state index >= 15 is 0 Å². The maximum absolute atomic E-state index is 11.0. The van der Waals surface area contributed by atoms with Crippen LogP contribution in [0.25, 0.3) is 0 Å². The van der Waals surface area contributed by atoms with E-state index in [0.717, 1.165) is 29.9 Å². The van der Waals surface area contributed by atoms with Crippen LogP contribution in [-0.4, -0.2) is 30.8 Å². The summed E-state index contributed by atoms with van der Waals surface area (Å²) in [5.41, 5.74) is 5.71. The molecule has 0 spiro atoms. The van der Waals surface area contributed by atoms with Crippen LogP contribution in [0.3, 0.4) is 0 Å². The van der Waals surface area contributed by atoms with Crippen LogP contribution in [0.2, 0.25) is 0 Å². The van der Waals surface area contributed by atoms with Crippen LogP contribution in [0.1, 0.15) is 32.3 Å². The number of aliphatic carboxylic acids is 1. The summed E-state index contributed by atoms with van der Waals surface area (Å²) in [6, 6.07) is 5.76. The van der Waals surface area contributed by atoms with E-state index < -0.39 is 11.5 Å². The van der Waals surface area contributed by atoms with Crippen molar-refractivity contribution in [3.05, 3.63) is 23.8 Å². The third kappa shape index (κ3) is 5.27. The molecule has 1 aromatic carbocycles. The van der Waals surface area contributed by atoms with Crippen LogP contribution in [0, 0.1) is 5.92 Å². The summed E-state index contributed by atoms with van der Waals surface area (Å²) in [4.78, 5) is 11.0. The van der Waals surface area contributed by atoms with Crippen LogP contribution >= 0.6 is 0 Å². The molecule has 5 nitrogen and oxygen atoms in total. The van der Waals surface area contributed by atoms with Gasteiger partial charge in [-0.15, -0.1) is 0 Å². The zero-order valence-corrected chi connectivity index (χ0v) is 13.2. The lowest BCUT2D eigenvalue weighted by Gasteiger charge is -2.23. The Morgan fingerprint density at radius 1 is 1.29 bits per heavy atom. The third-order valence-corrected chi connectivity index (χ3v) is 3.60. The summed E-state index contributed by atoms with van der Waals surface area (Å²) >= 11 is 0. The first-order valence-corrected chi connectivity index (χ1v) is 7.02. The molecule has 21 heavy (non-hydrogen) atoms. The van der Waals surface area contributed by atoms with Gasteiger partial charge in [-0.3, -0.25) is 4.79 Å². The number of aryl methyl sites for hydroxylation is 1. The molecule has 0 heterocycles. The lowest BCUT2D eigenvalue weighted by molar-refractivity contribution is -0.143. The Hall–Kier alpha value is -1.75. The van der Waals surface area contributed by atoms with E-state index in [9.17, 15) is 4.79 Å². The van der Waals surface area contributed by atoms with E-state index in [1.165, 1.54) is 0 Å². The summed E-state index contributed by atoms with van der Waals surface area (Å²) in [5.74, 6) is 0.767. The van der Waals surface area contributed by atoms with Crippen LogP contribution in [0.4, 0.5) is 0 Å². The molecule has 1 aromatic rings. The predicted octanol–water partition coefficient (Wildman–Crippen LogP) is 2.46. The molecule has 118 valence electrons. The second kappa shape index (κ2) is 7.31. The first-order valence-electron chi connectivity index (χ1n) is 7.02. The zero-order chi connectivity index (χ0) is 16.0. The van der Waals surface area contributed by atoms with E-state index in [2.05, 4.69) is 0 Å². The largest absolute Gasteiger partial charge is 0.497 e. The molecule has 0 bridgehead atoms. The summed E-state index contributed by atoms with van der Waals surface area (Å²) in [6.45, 7) is 3.58. The number of benzene rings is 1. The lowest BCUT2D eigenvalue weighted by atomic mass is 9.87. The highest BCUT2D eigenvalue weighted by molar-refractivity contribution is 5.77. The molecule has 0 fully saturated rings. The highest BCUT2D eigenvalue weighted by atomic mass is 16.5. The molecule has 0 aliphatic carbocycles. The van der Waals surface area contributed by atoms with Gasteiger partial charge in [-0.2, -0.15) is 0 Å². The fourth-order valence-corrected chi connectivity index (χ4v) is 2.34. The maximum Gasteiger partial charge on any atom is 0.323 e. The molecular weight excluding hydrogens is 270 g/mol. The van der Waals surface area contributed by atoms with Crippen molar-refractivity contribution >= 4 is 5.97 Å².